The van der Waals surface area contributed by atoms with Gasteiger partial charge in [-0.2, -0.15) is 0 Å². The minimum atomic E-state index is 0.701. The third-order valence-electron chi connectivity index (χ3n) is 5.19. The molecule has 1 aliphatic rings. The molecule has 23 heavy (non-hydrogen) atoms. The lowest BCUT2D eigenvalue weighted by atomic mass is 9.84. The first-order valence-electron chi connectivity index (χ1n) is 9.06. The Hall–Kier alpha value is -1.61. The maximum Gasteiger partial charge on any atom is 0.150 e. The van der Waals surface area contributed by atoms with Crippen LogP contribution in [0.1, 0.15) is 66.8 Å². The van der Waals surface area contributed by atoms with Crippen LogP contribution in [0.2, 0.25) is 0 Å². The Balaban J connectivity index is 1.91. The molecule has 0 aliphatic heterocycles. The molecule has 0 amide bonds. The number of rotatable bonds is 7. The molecule has 0 saturated heterocycles. The highest BCUT2D eigenvalue weighted by Gasteiger charge is 2.20. The zero-order valence-electron chi connectivity index (χ0n) is 14.2. The van der Waals surface area contributed by atoms with E-state index in [4.69, 9.17) is 0 Å². The van der Waals surface area contributed by atoms with E-state index in [0.717, 1.165) is 24.9 Å². The lowest BCUT2D eigenvalue weighted by Crippen LogP contribution is -2.08. The van der Waals surface area contributed by atoms with Crippen LogP contribution in [0, 0.1) is 0 Å². The van der Waals surface area contributed by atoms with Gasteiger partial charge in [0.15, 0.2) is 0 Å². The molecule has 124 valence electrons. The summed E-state index contributed by atoms with van der Waals surface area (Å²) in [6.07, 6.45) is 12.4. The zero-order valence-corrected chi connectivity index (χ0v) is 14.2. The van der Waals surface area contributed by atoms with Crippen molar-refractivity contribution in [2.45, 2.75) is 57.4 Å². The lowest BCUT2D eigenvalue weighted by Gasteiger charge is -2.21. The van der Waals surface area contributed by atoms with Crippen LogP contribution in [-0.2, 0) is 6.54 Å². The van der Waals surface area contributed by atoms with E-state index >= 15 is 0 Å². The maximum atomic E-state index is 11.2. The van der Waals surface area contributed by atoms with Crippen LogP contribution in [0.3, 0.4) is 0 Å². The number of carbonyl (C=O) groups is 1. The molecule has 3 nitrogen and oxygen atoms in total. The zero-order chi connectivity index (χ0) is 16.1. The summed E-state index contributed by atoms with van der Waals surface area (Å²) in [6.45, 7) is 2.10. The fourth-order valence-electron chi connectivity index (χ4n) is 3.92. The summed E-state index contributed by atoms with van der Waals surface area (Å²) in [5.41, 5.74) is 3.52. The number of hydrogen-bond donors (Lipinski definition) is 1. The van der Waals surface area contributed by atoms with Crippen molar-refractivity contribution in [2.24, 2.45) is 0 Å². The topological polar surface area (TPSA) is 34.0 Å². The van der Waals surface area contributed by atoms with Gasteiger partial charge in [-0.25, -0.2) is 0 Å². The third-order valence-corrected chi connectivity index (χ3v) is 5.19. The summed E-state index contributed by atoms with van der Waals surface area (Å²) in [5.74, 6) is 0.701. The second-order valence-corrected chi connectivity index (χ2v) is 6.82. The van der Waals surface area contributed by atoms with Gasteiger partial charge in [0.2, 0.25) is 0 Å². The first kappa shape index (κ1) is 16.3. The van der Waals surface area contributed by atoms with E-state index in [9.17, 15) is 4.79 Å². The Bertz CT molecular complexity index is 653. The number of fused-ring (bicyclic) bond motifs is 1. The average molecular weight is 312 g/mol. The first-order chi connectivity index (χ1) is 11.3. The molecule has 1 N–H and O–H groups in total. The minimum absolute atomic E-state index is 0.701. The van der Waals surface area contributed by atoms with Crippen LogP contribution < -0.4 is 5.32 Å². The van der Waals surface area contributed by atoms with E-state index in [0.29, 0.717) is 5.92 Å². The summed E-state index contributed by atoms with van der Waals surface area (Å²) < 4.78 is 2.38. The van der Waals surface area contributed by atoms with Crippen molar-refractivity contribution in [2.75, 3.05) is 13.6 Å². The van der Waals surface area contributed by atoms with Gasteiger partial charge in [0.05, 0.1) is 0 Å². The normalized spacial score (nSPS) is 16.0. The third kappa shape index (κ3) is 3.66. The molecule has 1 aromatic heterocycles. The van der Waals surface area contributed by atoms with Crippen LogP contribution in [0.4, 0.5) is 0 Å². The summed E-state index contributed by atoms with van der Waals surface area (Å²) in [7, 11) is 2.00. The molecule has 3 heteroatoms. The van der Waals surface area contributed by atoms with Crippen molar-refractivity contribution in [1.82, 2.24) is 9.88 Å². The number of benzene rings is 1. The standard InChI is InChI=1S/C20H28N2O/c1-21-11-5-6-12-22-14-19(17-7-3-2-4-8-17)18-10-9-16(15-23)13-20(18)22/h9-10,13-15,17,21H,2-8,11-12H2,1H3. The smallest absolute Gasteiger partial charge is 0.150 e. The van der Waals surface area contributed by atoms with Crippen molar-refractivity contribution in [1.29, 1.82) is 0 Å². The summed E-state index contributed by atoms with van der Waals surface area (Å²) in [5, 5.41) is 4.57. The van der Waals surface area contributed by atoms with Gasteiger partial charge in [-0.3, -0.25) is 4.79 Å². The summed E-state index contributed by atoms with van der Waals surface area (Å²) in [4.78, 5) is 11.2. The molecule has 1 aliphatic carbocycles. The number of hydrogen-bond acceptors (Lipinski definition) is 2. The lowest BCUT2D eigenvalue weighted by molar-refractivity contribution is 0.112. The molecule has 1 fully saturated rings. The fourth-order valence-corrected chi connectivity index (χ4v) is 3.92. The molecule has 3 rings (SSSR count). The highest BCUT2D eigenvalue weighted by molar-refractivity contribution is 5.90. The highest BCUT2D eigenvalue weighted by Crippen LogP contribution is 2.37. The van der Waals surface area contributed by atoms with Gasteiger partial charge in [-0.15, -0.1) is 0 Å². The van der Waals surface area contributed by atoms with E-state index in [1.165, 1.54) is 61.4 Å². The Kier molecular flexibility index (Phi) is 5.50. The van der Waals surface area contributed by atoms with E-state index in [2.05, 4.69) is 28.2 Å². The maximum absolute atomic E-state index is 11.2. The number of nitrogens with one attached hydrogen (secondary N) is 1. The Morgan fingerprint density at radius 3 is 2.78 bits per heavy atom. The number of carbonyl (C=O) groups excluding carboxylic acids is 1. The van der Waals surface area contributed by atoms with Crippen molar-refractivity contribution in [3.63, 3.8) is 0 Å². The fraction of sp³-hybridized carbons (Fsp3) is 0.550. The number of aldehydes is 1. The van der Waals surface area contributed by atoms with Crippen LogP contribution in [-0.4, -0.2) is 24.4 Å². The molecule has 1 aromatic carbocycles. The molecule has 1 saturated carbocycles. The van der Waals surface area contributed by atoms with Gasteiger partial charge < -0.3 is 9.88 Å². The van der Waals surface area contributed by atoms with Gasteiger partial charge in [0, 0.05) is 29.2 Å². The SMILES string of the molecule is CNCCCCn1cc(C2CCCCC2)c2ccc(C=O)cc21. The highest BCUT2D eigenvalue weighted by atomic mass is 16.1. The van der Waals surface area contributed by atoms with Crippen LogP contribution in [0.5, 0.6) is 0 Å². The number of unbranched alkanes of at least 4 members (excludes halogenated alkanes) is 1. The molecular formula is C20H28N2O. The van der Waals surface area contributed by atoms with Gasteiger partial charge in [0.25, 0.3) is 0 Å². The van der Waals surface area contributed by atoms with Gasteiger partial charge in [-0.1, -0.05) is 31.4 Å². The number of aromatic nitrogens is 1. The minimum Gasteiger partial charge on any atom is -0.347 e. The van der Waals surface area contributed by atoms with Crippen LogP contribution in [0.25, 0.3) is 10.9 Å². The Labute approximate surface area is 139 Å². The molecule has 0 atom stereocenters. The molecule has 2 aromatic rings. The van der Waals surface area contributed by atoms with Crippen LogP contribution >= 0.6 is 0 Å². The Morgan fingerprint density at radius 1 is 1.22 bits per heavy atom. The quantitative estimate of drug-likeness (QED) is 0.603. The van der Waals surface area contributed by atoms with E-state index < -0.39 is 0 Å². The van der Waals surface area contributed by atoms with Gasteiger partial charge in [0.1, 0.15) is 6.29 Å². The van der Waals surface area contributed by atoms with Crippen LogP contribution in [0.15, 0.2) is 24.4 Å². The summed E-state index contributed by atoms with van der Waals surface area (Å²) >= 11 is 0. The van der Waals surface area contributed by atoms with Crippen molar-refractivity contribution in [3.8, 4) is 0 Å². The molecule has 0 spiro atoms. The number of aryl methyl sites for hydroxylation is 1. The summed E-state index contributed by atoms with van der Waals surface area (Å²) in [6, 6.07) is 6.19. The predicted molar refractivity (Wildman–Crippen MR) is 96.3 cm³/mol. The van der Waals surface area contributed by atoms with Crippen molar-refractivity contribution < 1.29 is 4.79 Å². The van der Waals surface area contributed by atoms with Gasteiger partial charge in [-0.05, 0) is 56.8 Å². The predicted octanol–water partition coefficient (Wildman–Crippen LogP) is 4.50. The second-order valence-electron chi connectivity index (χ2n) is 6.82. The molecule has 0 radical (unpaired) electrons. The van der Waals surface area contributed by atoms with Crippen molar-refractivity contribution >= 4 is 17.2 Å². The largest absolute Gasteiger partial charge is 0.347 e. The Morgan fingerprint density at radius 2 is 2.04 bits per heavy atom. The molecule has 0 bridgehead atoms. The monoisotopic (exact) mass is 312 g/mol. The average Bonchev–Trinajstić information content (AvgIpc) is 2.97. The molecule has 0 unspecified atom stereocenters. The van der Waals surface area contributed by atoms with E-state index in [1.54, 1.807) is 0 Å². The van der Waals surface area contributed by atoms with E-state index in [1.807, 2.05) is 13.1 Å². The molecule has 1 heterocycles. The van der Waals surface area contributed by atoms with Gasteiger partial charge >= 0.3 is 0 Å². The van der Waals surface area contributed by atoms with E-state index in [-0.39, 0.29) is 0 Å². The second kappa shape index (κ2) is 7.78. The van der Waals surface area contributed by atoms with Crippen molar-refractivity contribution in [3.05, 3.63) is 35.5 Å². The first-order valence-corrected chi connectivity index (χ1v) is 9.06. The number of nitrogens with zero attached hydrogens (tertiary/aromatic N) is 1. The molecular weight excluding hydrogens is 284 g/mol.